The van der Waals surface area contributed by atoms with Crippen LogP contribution in [0.25, 0.3) is 11.3 Å². The van der Waals surface area contributed by atoms with Crippen molar-refractivity contribution < 1.29 is 22.7 Å². The molecule has 134 valence electrons. The van der Waals surface area contributed by atoms with Crippen LogP contribution in [0, 0.1) is 17.5 Å². The number of nitrogen functional groups attached to an aromatic ring is 1. The highest BCUT2D eigenvalue weighted by Crippen LogP contribution is 2.34. The number of hydrogen-bond donors (Lipinski definition) is 1. The van der Waals surface area contributed by atoms with E-state index in [2.05, 4.69) is 9.72 Å². The number of aromatic nitrogens is 1. The van der Waals surface area contributed by atoms with Crippen LogP contribution in [-0.4, -0.2) is 26.1 Å². The van der Waals surface area contributed by atoms with Gasteiger partial charge in [-0.15, -0.1) is 0 Å². The van der Waals surface area contributed by atoms with E-state index in [9.17, 15) is 18.0 Å². The van der Waals surface area contributed by atoms with Crippen molar-refractivity contribution in [1.82, 2.24) is 4.98 Å². The Morgan fingerprint density at radius 2 is 1.76 bits per heavy atom. The fraction of sp³-hybridized carbons (Fsp3) is 0.250. The van der Waals surface area contributed by atoms with Gasteiger partial charge in [-0.3, -0.25) is 0 Å². The second kappa shape index (κ2) is 6.68. The second-order valence-electron chi connectivity index (χ2n) is 6.38. The maximum Gasteiger partial charge on any atom is 0.358 e. The molecule has 0 atom stereocenters. The van der Waals surface area contributed by atoms with Crippen LogP contribution < -0.4 is 10.9 Å². The second-order valence-corrected chi connectivity index (χ2v) is 11.8. The zero-order chi connectivity index (χ0) is 19.1. The molecule has 1 heterocycles. The number of methoxy groups -OCH3 is 1. The summed E-state index contributed by atoms with van der Waals surface area (Å²) in [6.07, 6.45) is 0. The van der Waals surface area contributed by atoms with Gasteiger partial charge in [-0.1, -0.05) is 37.3 Å². The lowest BCUT2D eigenvalue weighted by atomic mass is 10.1. The fourth-order valence-corrected chi connectivity index (χ4v) is 3.84. The van der Waals surface area contributed by atoms with Crippen molar-refractivity contribution in [2.45, 2.75) is 19.6 Å². The van der Waals surface area contributed by atoms with E-state index in [1.165, 1.54) is 12.1 Å². The number of rotatable bonds is 3. The highest BCUT2D eigenvalue weighted by Gasteiger charge is 2.28. The van der Waals surface area contributed by atoms with Crippen LogP contribution in [0.5, 0.6) is 0 Å². The zero-order valence-electron chi connectivity index (χ0n) is 14.0. The van der Waals surface area contributed by atoms with Crippen molar-refractivity contribution in [3.8, 4) is 11.3 Å². The number of halogens is 4. The SMILES string of the molecule is COC(=O)c1nc(-c2ccc([Si](C)(C)C)c(F)c2F)c(F)c(N)c1Cl. The Morgan fingerprint density at radius 3 is 2.28 bits per heavy atom. The van der Waals surface area contributed by atoms with E-state index >= 15 is 0 Å². The molecule has 0 aliphatic heterocycles. The molecular weight excluding hydrogens is 373 g/mol. The number of carbonyl (C=O) groups excluding carboxylic acids is 1. The summed E-state index contributed by atoms with van der Waals surface area (Å²) < 4.78 is 47.9. The molecule has 4 nitrogen and oxygen atoms in total. The summed E-state index contributed by atoms with van der Waals surface area (Å²) in [5, 5.41) is -0.197. The minimum Gasteiger partial charge on any atom is -0.464 e. The molecule has 2 rings (SSSR count). The minimum absolute atomic E-state index is 0.254. The molecular formula is C16H16ClF3N2O2Si. The molecule has 0 bridgehead atoms. The first-order valence-electron chi connectivity index (χ1n) is 7.22. The maximum atomic E-state index is 14.6. The van der Waals surface area contributed by atoms with E-state index in [1.54, 1.807) is 0 Å². The van der Waals surface area contributed by atoms with Crippen molar-refractivity contribution in [2.24, 2.45) is 0 Å². The Kier molecular flexibility index (Phi) is 5.15. The summed E-state index contributed by atoms with van der Waals surface area (Å²) in [6, 6.07) is 2.61. The molecule has 0 spiro atoms. The Hall–Kier alpha value is -2.06. The topological polar surface area (TPSA) is 65.2 Å². The van der Waals surface area contributed by atoms with Crippen LogP contribution in [0.3, 0.4) is 0 Å². The molecule has 1 aromatic heterocycles. The average molecular weight is 389 g/mol. The number of carbonyl (C=O) groups is 1. The third kappa shape index (κ3) is 3.36. The first kappa shape index (κ1) is 19.3. The molecule has 0 aliphatic rings. The van der Waals surface area contributed by atoms with Crippen molar-refractivity contribution in [3.63, 3.8) is 0 Å². The Balaban J connectivity index is 2.77. The molecule has 2 aromatic rings. The Labute approximate surface area is 148 Å². The minimum atomic E-state index is -2.15. The van der Waals surface area contributed by atoms with E-state index in [1.807, 2.05) is 19.6 Å². The number of anilines is 1. The van der Waals surface area contributed by atoms with Crippen molar-refractivity contribution in [1.29, 1.82) is 0 Å². The molecule has 2 N–H and O–H groups in total. The molecule has 0 fully saturated rings. The van der Waals surface area contributed by atoms with Gasteiger partial charge in [0.1, 0.15) is 5.69 Å². The van der Waals surface area contributed by atoms with Gasteiger partial charge >= 0.3 is 5.97 Å². The van der Waals surface area contributed by atoms with Crippen LogP contribution >= 0.6 is 11.6 Å². The van der Waals surface area contributed by atoms with Gasteiger partial charge in [0, 0.05) is 5.56 Å². The number of esters is 1. The molecule has 0 radical (unpaired) electrons. The third-order valence-electron chi connectivity index (χ3n) is 3.64. The predicted molar refractivity (Wildman–Crippen MR) is 93.3 cm³/mol. The monoisotopic (exact) mass is 388 g/mol. The van der Waals surface area contributed by atoms with Crippen molar-refractivity contribution in [3.05, 3.63) is 40.3 Å². The first-order valence-corrected chi connectivity index (χ1v) is 11.1. The van der Waals surface area contributed by atoms with E-state index < -0.39 is 59.2 Å². The normalized spacial score (nSPS) is 11.5. The zero-order valence-corrected chi connectivity index (χ0v) is 15.8. The molecule has 0 unspecified atom stereocenters. The van der Waals surface area contributed by atoms with Gasteiger partial charge < -0.3 is 10.5 Å². The fourth-order valence-electron chi connectivity index (χ4n) is 2.28. The van der Waals surface area contributed by atoms with Gasteiger partial charge in [0.15, 0.2) is 23.1 Å². The molecule has 9 heteroatoms. The highest BCUT2D eigenvalue weighted by atomic mass is 35.5. The van der Waals surface area contributed by atoms with Crippen molar-refractivity contribution >= 4 is 36.5 Å². The Morgan fingerprint density at radius 1 is 1.16 bits per heavy atom. The highest BCUT2D eigenvalue weighted by molar-refractivity contribution is 6.88. The lowest BCUT2D eigenvalue weighted by molar-refractivity contribution is 0.0594. The number of nitrogens with two attached hydrogens (primary N) is 1. The summed E-state index contributed by atoms with van der Waals surface area (Å²) in [5.41, 5.74) is 3.40. The van der Waals surface area contributed by atoms with Crippen LogP contribution in [0.2, 0.25) is 24.7 Å². The largest absolute Gasteiger partial charge is 0.464 e. The predicted octanol–water partition coefficient (Wildman–Crippen LogP) is 3.73. The first-order chi connectivity index (χ1) is 11.5. The van der Waals surface area contributed by atoms with Crippen LogP contribution in [0.15, 0.2) is 12.1 Å². The third-order valence-corrected chi connectivity index (χ3v) is 6.02. The number of pyridine rings is 1. The van der Waals surface area contributed by atoms with Crippen LogP contribution in [0.1, 0.15) is 10.5 Å². The molecule has 0 aliphatic carbocycles. The number of ether oxygens (including phenoxy) is 1. The smallest absolute Gasteiger partial charge is 0.358 e. The standard InChI is InChI=1S/C16H16ClF3N2O2Si/c1-24-16(23)15-9(17)13(21)12(20)14(22-15)7-5-6-8(25(2,3)4)11(19)10(7)18/h5-6H,1-4H3,(H2,21,22). The molecule has 0 saturated heterocycles. The van der Waals surface area contributed by atoms with Crippen molar-refractivity contribution in [2.75, 3.05) is 12.8 Å². The molecule has 1 aromatic carbocycles. The van der Waals surface area contributed by atoms with E-state index in [-0.39, 0.29) is 5.19 Å². The van der Waals surface area contributed by atoms with Gasteiger partial charge in [0.05, 0.1) is 25.9 Å². The molecule has 0 amide bonds. The lowest BCUT2D eigenvalue weighted by Crippen LogP contribution is -2.40. The van der Waals surface area contributed by atoms with E-state index in [0.29, 0.717) is 0 Å². The maximum absolute atomic E-state index is 14.6. The summed E-state index contributed by atoms with van der Waals surface area (Å²) in [5.74, 6) is -4.44. The summed E-state index contributed by atoms with van der Waals surface area (Å²) in [7, 11) is -1.08. The van der Waals surface area contributed by atoms with Crippen LogP contribution in [0.4, 0.5) is 18.9 Å². The van der Waals surface area contributed by atoms with Gasteiger partial charge in [0.25, 0.3) is 0 Å². The summed E-state index contributed by atoms with van der Waals surface area (Å²) in [6.45, 7) is 5.54. The van der Waals surface area contributed by atoms with Gasteiger partial charge in [-0.25, -0.2) is 22.9 Å². The molecule has 0 saturated carbocycles. The van der Waals surface area contributed by atoms with E-state index in [0.717, 1.165) is 7.11 Å². The number of hydrogen-bond acceptors (Lipinski definition) is 4. The Bertz CT molecular complexity index is 870. The van der Waals surface area contributed by atoms with Gasteiger partial charge in [-0.2, -0.15) is 0 Å². The summed E-state index contributed by atoms with van der Waals surface area (Å²) >= 11 is 5.80. The number of nitrogens with zero attached hydrogens (tertiary/aromatic N) is 1. The van der Waals surface area contributed by atoms with Gasteiger partial charge in [-0.05, 0) is 11.3 Å². The quantitative estimate of drug-likeness (QED) is 0.642. The summed E-state index contributed by atoms with van der Waals surface area (Å²) in [4.78, 5) is 15.4. The number of benzene rings is 1. The molecule has 25 heavy (non-hydrogen) atoms. The lowest BCUT2D eigenvalue weighted by Gasteiger charge is -2.19. The van der Waals surface area contributed by atoms with Crippen LogP contribution in [-0.2, 0) is 4.74 Å². The van der Waals surface area contributed by atoms with E-state index in [4.69, 9.17) is 17.3 Å². The average Bonchev–Trinajstić information content (AvgIpc) is 2.54. The van der Waals surface area contributed by atoms with Gasteiger partial charge in [0.2, 0.25) is 0 Å².